The van der Waals surface area contributed by atoms with Crippen molar-refractivity contribution < 1.29 is 13.2 Å². The average molecular weight is 340 g/mol. The number of hydrogen-bond donors (Lipinski definition) is 0. The van der Waals surface area contributed by atoms with Gasteiger partial charge >= 0.3 is 0 Å². The SMILES string of the molecule is N#Cc1ccc(N(Cc2ccc(F)c(F)c2F)c2cncnc2)cc1. The van der Waals surface area contributed by atoms with Gasteiger partial charge in [-0.3, -0.25) is 0 Å². The first-order chi connectivity index (χ1) is 12.1. The van der Waals surface area contributed by atoms with Crippen molar-refractivity contribution in [3.8, 4) is 6.07 Å². The number of benzene rings is 2. The highest BCUT2D eigenvalue weighted by Crippen LogP contribution is 2.28. The molecule has 0 bridgehead atoms. The van der Waals surface area contributed by atoms with E-state index in [4.69, 9.17) is 5.26 Å². The van der Waals surface area contributed by atoms with E-state index >= 15 is 0 Å². The lowest BCUT2D eigenvalue weighted by Gasteiger charge is -2.24. The summed E-state index contributed by atoms with van der Waals surface area (Å²) in [7, 11) is 0. The predicted molar refractivity (Wildman–Crippen MR) is 85.3 cm³/mol. The molecule has 3 rings (SSSR count). The summed E-state index contributed by atoms with van der Waals surface area (Å²) >= 11 is 0. The van der Waals surface area contributed by atoms with Gasteiger partial charge in [0, 0.05) is 11.3 Å². The second-order valence-corrected chi connectivity index (χ2v) is 5.18. The van der Waals surface area contributed by atoms with E-state index in [2.05, 4.69) is 9.97 Å². The fourth-order valence-corrected chi connectivity index (χ4v) is 2.34. The Balaban J connectivity index is 2.03. The van der Waals surface area contributed by atoms with E-state index in [9.17, 15) is 13.2 Å². The van der Waals surface area contributed by atoms with Gasteiger partial charge in [-0.25, -0.2) is 23.1 Å². The highest BCUT2D eigenvalue weighted by atomic mass is 19.2. The molecule has 3 aromatic rings. The Kier molecular flexibility index (Phi) is 4.61. The van der Waals surface area contributed by atoms with Crippen LogP contribution in [0.3, 0.4) is 0 Å². The van der Waals surface area contributed by atoms with E-state index in [-0.39, 0.29) is 12.1 Å². The Morgan fingerprint density at radius 3 is 2.20 bits per heavy atom. The molecule has 124 valence electrons. The number of anilines is 2. The summed E-state index contributed by atoms with van der Waals surface area (Å²) < 4.78 is 40.7. The van der Waals surface area contributed by atoms with Crippen molar-refractivity contribution in [1.82, 2.24) is 9.97 Å². The summed E-state index contributed by atoms with van der Waals surface area (Å²) in [6.07, 6.45) is 4.38. The molecule has 1 aromatic heterocycles. The Hall–Kier alpha value is -3.40. The maximum absolute atomic E-state index is 14.1. The van der Waals surface area contributed by atoms with Crippen LogP contribution >= 0.6 is 0 Å². The third-order valence-corrected chi connectivity index (χ3v) is 3.61. The number of hydrogen-bond acceptors (Lipinski definition) is 4. The van der Waals surface area contributed by atoms with Gasteiger partial charge < -0.3 is 4.90 Å². The van der Waals surface area contributed by atoms with Crippen LogP contribution in [0.5, 0.6) is 0 Å². The Morgan fingerprint density at radius 1 is 0.880 bits per heavy atom. The Labute approximate surface area is 141 Å². The van der Waals surface area contributed by atoms with Crippen molar-refractivity contribution in [3.05, 3.63) is 83.7 Å². The molecule has 0 amide bonds. The topological polar surface area (TPSA) is 52.8 Å². The van der Waals surface area contributed by atoms with Crippen molar-refractivity contribution in [2.45, 2.75) is 6.54 Å². The summed E-state index contributed by atoms with van der Waals surface area (Å²) in [5.41, 5.74) is 1.61. The first-order valence-corrected chi connectivity index (χ1v) is 7.25. The van der Waals surface area contributed by atoms with E-state index in [0.717, 1.165) is 6.07 Å². The minimum atomic E-state index is -1.51. The second-order valence-electron chi connectivity index (χ2n) is 5.18. The van der Waals surface area contributed by atoms with Crippen LogP contribution in [-0.2, 0) is 6.54 Å². The van der Waals surface area contributed by atoms with E-state index in [1.165, 1.54) is 24.8 Å². The van der Waals surface area contributed by atoms with E-state index < -0.39 is 17.5 Å². The van der Waals surface area contributed by atoms with Gasteiger partial charge in [0.15, 0.2) is 17.5 Å². The number of nitriles is 1. The molecule has 7 heteroatoms. The molecule has 0 aliphatic heterocycles. The van der Waals surface area contributed by atoms with Crippen LogP contribution in [0.1, 0.15) is 11.1 Å². The smallest absolute Gasteiger partial charge is 0.194 e. The summed E-state index contributed by atoms with van der Waals surface area (Å²) in [6, 6.07) is 10.6. The van der Waals surface area contributed by atoms with Crippen LogP contribution < -0.4 is 4.90 Å². The molecule has 0 fully saturated rings. The highest BCUT2D eigenvalue weighted by molar-refractivity contribution is 5.62. The lowest BCUT2D eigenvalue weighted by molar-refractivity contribution is 0.441. The summed E-state index contributed by atoms with van der Waals surface area (Å²) in [6.45, 7) is -0.0672. The number of nitrogens with zero attached hydrogens (tertiary/aromatic N) is 4. The lowest BCUT2D eigenvalue weighted by atomic mass is 10.1. The molecule has 2 aromatic carbocycles. The number of rotatable bonds is 4. The molecule has 0 N–H and O–H groups in total. The first-order valence-electron chi connectivity index (χ1n) is 7.25. The molecule has 0 radical (unpaired) electrons. The zero-order valence-electron chi connectivity index (χ0n) is 12.8. The molecule has 0 aliphatic carbocycles. The first kappa shape index (κ1) is 16.5. The normalized spacial score (nSPS) is 10.3. The standard InChI is InChI=1S/C18H11F3N4/c19-16-6-3-13(17(20)18(16)21)10-25(15-8-23-11-24-9-15)14-4-1-12(7-22)2-5-14/h1-6,8-9,11H,10H2. The van der Waals surface area contributed by atoms with Gasteiger partial charge in [-0.1, -0.05) is 6.07 Å². The van der Waals surface area contributed by atoms with Crippen LogP contribution in [0.25, 0.3) is 0 Å². The highest BCUT2D eigenvalue weighted by Gasteiger charge is 2.18. The van der Waals surface area contributed by atoms with Gasteiger partial charge in [-0.15, -0.1) is 0 Å². The minimum absolute atomic E-state index is 0.0212. The molecule has 4 nitrogen and oxygen atoms in total. The quantitative estimate of drug-likeness (QED) is 0.671. The molecular formula is C18H11F3N4. The Morgan fingerprint density at radius 2 is 1.56 bits per heavy atom. The van der Waals surface area contributed by atoms with Crippen molar-refractivity contribution in [1.29, 1.82) is 5.26 Å². The molecule has 0 aliphatic rings. The molecule has 0 saturated heterocycles. The van der Waals surface area contributed by atoms with Crippen molar-refractivity contribution in [2.75, 3.05) is 4.90 Å². The molecule has 0 atom stereocenters. The monoisotopic (exact) mass is 340 g/mol. The van der Waals surface area contributed by atoms with Gasteiger partial charge in [0.05, 0.1) is 36.3 Å². The zero-order valence-corrected chi connectivity index (χ0v) is 12.8. The lowest BCUT2D eigenvalue weighted by Crippen LogP contribution is -2.18. The molecule has 0 spiro atoms. The summed E-state index contributed by atoms with van der Waals surface area (Å²) in [4.78, 5) is 9.49. The van der Waals surface area contributed by atoms with E-state index in [1.54, 1.807) is 29.2 Å². The van der Waals surface area contributed by atoms with E-state index in [0.29, 0.717) is 16.9 Å². The van der Waals surface area contributed by atoms with Gasteiger partial charge in [-0.2, -0.15) is 5.26 Å². The molecule has 0 unspecified atom stereocenters. The van der Waals surface area contributed by atoms with Crippen molar-refractivity contribution in [2.24, 2.45) is 0 Å². The zero-order chi connectivity index (χ0) is 17.8. The molecule has 25 heavy (non-hydrogen) atoms. The fourth-order valence-electron chi connectivity index (χ4n) is 2.34. The molecule has 1 heterocycles. The van der Waals surface area contributed by atoms with Gasteiger partial charge in [-0.05, 0) is 30.3 Å². The number of halogens is 3. The van der Waals surface area contributed by atoms with Gasteiger partial charge in [0.2, 0.25) is 0 Å². The summed E-state index contributed by atoms with van der Waals surface area (Å²) in [5, 5.41) is 8.90. The van der Waals surface area contributed by atoms with Crippen LogP contribution in [0.4, 0.5) is 24.5 Å². The average Bonchev–Trinajstić information content (AvgIpc) is 2.66. The van der Waals surface area contributed by atoms with Crippen LogP contribution in [0.15, 0.2) is 55.1 Å². The maximum Gasteiger partial charge on any atom is 0.194 e. The van der Waals surface area contributed by atoms with Crippen LogP contribution in [-0.4, -0.2) is 9.97 Å². The predicted octanol–water partition coefficient (Wildman–Crippen LogP) is 4.10. The fraction of sp³-hybridized carbons (Fsp3) is 0.0556. The van der Waals surface area contributed by atoms with E-state index in [1.807, 2.05) is 6.07 Å². The summed E-state index contributed by atoms with van der Waals surface area (Å²) in [5.74, 6) is -3.99. The Bertz CT molecular complexity index is 922. The maximum atomic E-state index is 14.1. The van der Waals surface area contributed by atoms with Gasteiger partial charge in [0.25, 0.3) is 0 Å². The number of aromatic nitrogens is 2. The minimum Gasteiger partial charge on any atom is -0.334 e. The van der Waals surface area contributed by atoms with Crippen LogP contribution in [0, 0.1) is 28.8 Å². The van der Waals surface area contributed by atoms with Crippen molar-refractivity contribution in [3.63, 3.8) is 0 Å². The molecular weight excluding hydrogens is 329 g/mol. The third kappa shape index (κ3) is 3.43. The van der Waals surface area contributed by atoms with Crippen LogP contribution in [0.2, 0.25) is 0 Å². The van der Waals surface area contributed by atoms with Gasteiger partial charge in [0.1, 0.15) is 6.33 Å². The largest absolute Gasteiger partial charge is 0.334 e. The van der Waals surface area contributed by atoms with Crippen molar-refractivity contribution >= 4 is 11.4 Å². The third-order valence-electron chi connectivity index (χ3n) is 3.61. The second kappa shape index (κ2) is 7.01. The molecule has 0 saturated carbocycles.